The fourth-order valence-electron chi connectivity index (χ4n) is 2.73. The number of aromatic nitrogens is 2. The number of halogens is 2. The van der Waals surface area contributed by atoms with Gasteiger partial charge < -0.3 is 14.3 Å². The lowest BCUT2D eigenvalue weighted by Gasteiger charge is -2.08. The highest BCUT2D eigenvalue weighted by Crippen LogP contribution is 2.33. The minimum Gasteiger partial charge on any atom is -0.459 e. The van der Waals surface area contributed by atoms with Crippen molar-refractivity contribution in [1.82, 2.24) is 14.9 Å². The Hall–Kier alpha value is -1.75. The van der Waals surface area contributed by atoms with Crippen LogP contribution in [0.3, 0.4) is 0 Å². The van der Waals surface area contributed by atoms with Crippen molar-refractivity contribution in [3.63, 3.8) is 0 Å². The van der Waals surface area contributed by atoms with E-state index in [1.54, 1.807) is 0 Å². The van der Waals surface area contributed by atoms with Gasteiger partial charge in [0.15, 0.2) is 5.76 Å². The van der Waals surface area contributed by atoms with Gasteiger partial charge in [0.1, 0.15) is 11.5 Å². The van der Waals surface area contributed by atoms with Crippen LogP contribution in [0, 0.1) is 13.8 Å². The number of benzene rings is 1. The van der Waals surface area contributed by atoms with Gasteiger partial charge in [0.25, 0.3) is 0 Å². The summed E-state index contributed by atoms with van der Waals surface area (Å²) in [5.74, 6) is 1.85. The molecular formula is C19H25Cl2N3O. The summed E-state index contributed by atoms with van der Waals surface area (Å²) in [5, 5.41) is 3.19. The second-order valence-corrected chi connectivity index (χ2v) is 5.81. The topological polar surface area (TPSA) is 43.0 Å². The van der Waals surface area contributed by atoms with Crippen molar-refractivity contribution >= 4 is 24.8 Å². The van der Waals surface area contributed by atoms with Gasteiger partial charge >= 0.3 is 0 Å². The van der Waals surface area contributed by atoms with Gasteiger partial charge in [-0.25, -0.2) is 4.98 Å². The van der Waals surface area contributed by atoms with Crippen LogP contribution in [0.1, 0.15) is 17.7 Å². The van der Waals surface area contributed by atoms with Crippen LogP contribution < -0.4 is 5.32 Å². The van der Waals surface area contributed by atoms with Crippen LogP contribution in [0.2, 0.25) is 0 Å². The van der Waals surface area contributed by atoms with Crippen molar-refractivity contribution in [1.29, 1.82) is 0 Å². The Morgan fingerprint density at radius 2 is 1.84 bits per heavy atom. The Morgan fingerprint density at radius 3 is 2.44 bits per heavy atom. The highest BCUT2D eigenvalue weighted by molar-refractivity contribution is 5.85. The lowest BCUT2D eigenvalue weighted by molar-refractivity contribution is 0.535. The summed E-state index contributed by atoms with van der Waals surface area (Å²) in [6.07, 6.45) is 2.97. The molecule has 0 unspecified atom stereocenters. The average Bonchev–Trinajstić information content (AvgIpc) is 3.12. The minimum absolute atomic E-state index is 0. The van der Waals surface area contributed by atoms with Gasteiger partial charge in [-0.1, -0.05) is 30.3 Å². The third kappa shape index (κ3) is 4.66. The van der Waals surface area contributed by atoms with Crippen LogP contribution in [0.25, 0.3) is 22.7 Å². The summed E-state index contributed by atoms with van der Waals surface area (Å²) >= 11 is 0. The van der Waals surface area contributed by atoms with E-state index in [0.29, 0.717) is 0 Å². The molecule has 136 valence electrons. The third-order valence-electron chi connectivity index (χ3n) is 4.11. The van der Waals surface area contributed by atoms with Crippen LogP contribution in [-0.2, 0) is 6.54 Å². The zero-order chi connectivity index (χ0) is 16.2. The molecule has 3 rings (SSSR count). The maximum atomic E-state index is 5.99. The molecule has 4 nitrogen and oxygen atoms in total. The van der Waals surface area contributed by atoms with E-state index in [9.17, 15) is 0 Å². The lowest BCUT2D eigenvalue weighted by atomic mass is 10.1. The Balaban J connectivity index is 0.00000156. The lowest BCUT2D eigenvalue weighted by Crippen LogP contribution is -2.11. The van der Waals surface area contributed by atoms with Crippen molar-refractivity contribution in [2.75, 3.05) is 13.6 Å². The standard InChI is InChI=1S/C19H23N3O.2ClH/c1-14-12-17(23-15(14)2)19-18(16-8-5-4-6-9-16)21-13-22(19)11-7-10-20-3;;/h4-6,8-9,12-13,20H,7,10-11H2,1-3H3;2*1H. The van der Waals surface area contributed by atoms with Gasteiger partial charge in [0, 0.05) is 12.1 Å². The smallest absolute Gasteiger partial charge is 0.153 e. The van der Waals surface area contributed by atoms with E-state index in [1.807, 2.05) is 38.5 Å². The number of hydrogen-bond donors (Lipinski definition) is 1. The molecule has 0 spiro atoms. The highest BCUT2D eigenvalue weighted by atomic mass is 35.5. The molecule has 0 radical (unpaired) electrons. The molecule has 0 bridgehead atoms. The number of imidazole rings is 1. The summed E-state index contributed by atoms with van der Waals surface area (Å²) in [6, 6.07) is 12.4. The van der Waals surface area contributed by atoms with Crippen molar-refractivity contribution in [3.8, 4) is 22.7 Å². The van der Waals surface area contributed by atoms with Crippen molar-refractivity contribution in [2.24, 2.45) is 0 Å². The molecule has 0 aliphatic carbocycles. The monoisotopic (exact) mass is 381 g/mol. The van der Waals surface area contributed by atoms with Crippen LogP contribution in [0.4, 0.5) is 0 Å². The molecule has 0 aliphatic heterocycles. The normalized spacial score (nSPS) is 10.2. The van der Waals surface area contributed by atoms with Crippen LogP contribution in [-0.4, -0.2) is 23.1 Å². The fourth-order valence-corrected chi connectivity index (χ4v) is 2.73. The molecule has 0 atom stereocenters. The van der Waals surface area contributed by atoms with Crippen molar-refractivity contribution in [2.45, 2.75) is 26.8 Å². The van der Waals surface area contributed by atoms with Crippen LogP contribution >= 0.6 is 24.8 Å². The van der Waals surface area contributed by atoms with Gasteiger partial charge in [-0.2, -0.15) is 0 Å². The number of rotatable bonds is 6. The highest BCUT2D eigenvalue weighted by Gasteiger charge is 2.18. The molecule has 0 amide bonds. The molecule has 0 aliphatic rings. The summed E-state index contributed by atoms with van der Waals surface area (Å²) in [5.41, 5.74) is 4.32. The summed E-state index contributed by atoms with van der Waals surface area (Å²) in [4.78, 5) is 4.66. The second kappa shape index (κ2) is 9.66. The predicted octanol–water partition coefficient (Wildman–Crippen LogP) is 4.88. The Kier molecular flexibility index (Phi) is 8.23. The summed E-state index contributed by atoms with van der Waals surface area (Å²) in [6.45, 7) is 5.97. The average molecular weight is 382 g/mol. The van der Waals surface area contributed by atoms with E-state index in [1.165, 1.54) is 5.56 Å². The number of hydrogen-bond acceptors (Lipinski definition) is 3. The fraction of sp³-hybridized carbons (Fsp3) is 0.316. The first-order chi connectivity index (χ1) is 11.2. The molecule has 0 saturated heterocycles. The molecular weight excluding hydrogens is 357 g/mol. The Bertz CT molecular complexity index is 762. The Labute approximate surface area is 161 Å². The first-order valence-corrected chi connectivity index (χ1v) is 8.03. The molecule has 3 aromatic rings. The van der Waals surface area contributed by atoms with E-state index in [-0.39, 0.29) is 24.8 Å². The third-order valence-corrected chi connectivity index (χ3v) is 4.11. The molecule has 2 heterocycles. The van der Waals surface area contributed by atoms with Gasteiger partial charge in [0.2, 0.25) is 0 Å². The van der Waals surface area contributed by atoms with E-state index >= 15 is 0 Å². The summed E-state index contributed by atoms with van der Waals surface area (Å²) < 4.78 is 8.18. The summed E-state index contributed by atoms with van der Waals surface area (Å²) in [7, 11) is 1.98. The van der Waals surface area contributed by atoms with Gasteiger partial charge in [-0.3, -0.25) is 0 Å². The first-order valence-electron chi connectivity index (χ1n) is 8.03. The largest absolute Gasteiger partial charge is 0.459 e. The maximum absolute atomic E-state index is 5.99. The zero-order valence-electron chi connectivity index (χ0n) is 14.8. The van der Waals surface area contributed by atoms with Crippen LogP contribution in [0.5, 0.6) is 0 Å². The SMILES string of the molecule is CNCCCn1cnc(-c2ccccc2)c1-c1cc(C)c(C)o1.Cl.Cl. The number of nitrogens with zero attached hydrogens (tertiary/aromatic N) is 2. The zero-order valence-corrected chi connectivity index (χ0v) is 16.4. The second-order valence-electron chi connectivity index (χ2n) is 5.81. The van der Waals surface area contributed by atoms with Gasteiger partial charge in [0.05, 0.1) is 12.0 Å². The Morgan fingerprint density at radius 1 is 1.12 bits per heavy atom. The van der Waals surface area contributed by atoms with Crippen molar-refractivity contribution < 1.29 is 4.42 Å². The van der Waals surface area contributed by atoms with E-state index < -0.39 is 0 Å². The number of nitrogens with one attached hydrogen (secondary N) is 1. The van der Waals surface area contributed by atoms with Crippen molar-refractivity contribution in [3.05, 3.63) is 54.0 Å². The number of aryl methyl sites for hydroxylation is 3. The predicted molar refractivity (Wildman–Crippen MR) is 108 cm³/mol. The number of furan rings is 1. The minimum atomic E-state index is 0. The van der Waals surface area contributed by atoms with E-state index in [2.05, 4.69) is 40.0 Å². The maximum Gasteiger partial charge on any atom is 0.153 e. The molecule has 2 aromatic heterocycles. The first kappa shape index (κ1) is 21.3. The molecule has 0 saturated carbocycles. The quantitative estimate of drug-likeness (QED) is 0.618. The molecule has 1 aromatic carbocycles. The van der Waals surface area contributed by atoms with Gasteiger partial charge in [-0.15, -0.1) is 24.8 Å². The van der Waals surface area contributed by atoms with Gasteiger partial charge in [-0.05, 0) is 45.5 Å². The molecule has 0 fully saturated rings. The van der Waals surface area contributed by atoms with Crippen LogP contribution in [0.15, 0.2) is 47.1 Å². The van der Waals surface area contributed by atoms with E-state index in [4.69, 9.17) is 4.42 Å². The molecule has 6 heteroatoms. The van der Waals surface area contributed by atoms with E-state index in [0.717, 1.165) is 48.0 Å². The molecule has 1 N–H and O–H groups in total. The molecule has 25 heavy (non-hydrogen) atoms.